The lowest BCUT2D eigenvalue weighted by molar-refractivity contribution is 0.589. The summed E-state index contributed by atoms with van der Waals surface area (Å²) in [5.41, 5.74) is 20.4. The van der Waals surface area contributed by atoms with Crippen LogP contribution in [0.15, 0.2) is 124 Å². The number of furan rings is 2. The van der Waals surface area contributed by atoms with Gasteiger partial charge >= 0.3 is 0 Å². The van der Waals surface area contributed by atoms with Crippen LogP contribution < -0.4 is 26.4 Å². The summed E-state index contributed by atoms with van der Waals surface area (Å²) in [6, 6.07) is 45.2. The van der Waals surface area contributed by atoms with Crippen LogP contribution >= 0.6 is 0 Å². The minimum Gasteiger partial charge on any atom is -0.468 e. The van der Waals surface area contributed by atoms with Crippen LogP contribution in [0.5, 0.6) is 0 Å². The highest BCUT2D eigenvalue weighted by Gasteiger charge is 2.50. The number of benzene rings is 7. The van der Waals surface area contributed by atoms with Crippen molar-refractivity contribution in [3.63, 3.8) is 0 Å². The van der Waals surface area contributed by atoms with E-state index in [4.69, 9.17) is 8.83 Å². The quantitative estimate of drug-likeness (QED) is 0.154. The molecule has 3 aliphatic rings. The van der Waals surface area contributed by atoms with Crippen molar-refractivity contribution >= 4 is 112 Å². The van der Waals surface area contributed by atoms with E-state index in [1.165, 1.54) is 49.5 Å². The first-order valence-electron chi connectivity index (χ1n) is 24.2. The summed E-state index contributed by atoms with van der Waals surface area (Å²) in [7, 11) is 0. The maximum atomic E-state index is 11.2. The molecule has 0 unspecified atom stereocenters. The van der Waals surface area contributed by atoms with Crippen LogP contribution in [0.25, 0.3) is 60.4 Å². The summed E-state index contributed by atoms with van der Waals surface area (Å²) in [4.78, 5) is 4.88. The monoisotopic (exact) mass is 886 g/mol. The molecule has 68 heavy (non-hydrogen) atoms. The third-order valence-electron chi connectivity index (χ3n) is 15.3. The maximum absolute atomic E-state index is 11.2. The van der Waals surface area contributed by atoms with Gasteiger partial charge in [-0.25, -0.2) is 0 Å². The molecule has 0 amide bonds. The van der Waals surface area contributed by atoms with Crippen LogP contribution in [0.1, 0.15) is 111 Å². The van der Waals surface area contributed by atoms with E-state index in [0.29, 0.717) is 5.56 Å². The van der Waals surface area contributed by atoms with Crippen LogP contribution in [-0.2, 0) is 21.7 Å². The van der Waals surface area contributed by atoms with Crippen molar-refractivity contribution in [1.82, 2.24) is 4.57 Å². The lowest BCUT2D eigenvalue weighted by Gasteiger charge is -2.45. The standard InChI is InChI=1S/C61H55BN4O2/c1-58(2,3)34-20-22-44-40(26-34)41-28-36(60(7,8)9)30-48-53(41)64(44)49-31-37(61(10,11)12)29-43-55(49)66(48)47-25-33(32-63)24-46-52(47)62(43)57-54(42-27-35(59(4,5)6)21-23-51(42)68-57)65(46)45-18-15-17-39-38-16-13-14-19-50(38)67-56(39)45/h13-31H,1-12H3. The minimum absolute atomic E-state index is 0.0330. The molecule has 0 radical (unpaired) electrons. The zero-order valence-electron chi connectivity index (χ0n) is 41.2. The fourth-order valence-corrected chi connectivity index (χ4v) is 11.6. The SMILES string of the molecule is CC(C)(C)c1cc2c3c(c1)-n1c4ccc(C(C)(C)C)cc4c4cc(C(C)(C)C)cc(c41)N3c1cc(C#N)cc3c1B2c1oc2ccc(C(C)(C)C)cc2c1N3c1cccc2c1oc1ccccc12. The molecule has 0 N–H and O–H groups in total. The van der Waals surface area contributed by atoms with Gasteiger partial charge in [-0.3, -0.25) is 0 Å². The molecule has 0 saturated carbocycles. The van der Waals surface area contributed by atoms with E-state index < -0.39 is 0 Å². The minimum atomic E-state index is -0.302. The van der Waals surface area contributed by atoms with Gasteiger partial charge < -0.3 is 23.2 Å². The number of rotatable bonds is 1. The van der Waals surface area contributed by atoms with Crippen LogP contribution in [0.2, 0.25) is 0 Å². The number of hydrogen-bond acceptors (Lipinski definition) is 5. The van der Waals surface area contributed by atoms with Gasteiger partial charge in [0.2, 0.25) is 0 Å². The van der Waals surface area contributed by atoms with Gasteiger partial charge in [-0.1, -0.05) is 132 Å². The smallest absolute Gasteiger partial charge is 0.297 e. The van der Waals surface area contributed by atoms with Crippen molar-refractivity contribution in [2.24, 2.45) is 0 Å². The zero-order chi connectivity index (χ0) is 47.3. The summed E-state index contributed by atoms with van der Waals surface area (Å²) >= 11 is 0. The molecule has 334 valence electrons. The molecule has 0 bridgehead atoms. The van der Waals surface area contributed by atoms with Crippen molar-refractivity contribution in [2.45, 2.75) is 105 Å². The van der Waals surface area contributed by atoms with Crippen LogP contribution in [0.3, 0.4) is 0 Å². The molecule has 13 rings (SSSR count). The molecule has 6 heterocycles. The lowest BCUT2D eigenvalue weighted by atomic mass is 9.35. The van der Waals surface area contributed by atoms with Gasteiger partial charge in [0.1, 0.15) is 11.2 Å². The van der Waals surface area contributed by atoms with E-state index >= 15 is 0 Å². The number of aromatic nitrogens is 1. The number of anilines is 6. The van der Waals surface area contributed by atoms with E-state index in [1.807, 2.05) is 12.1 Å². The first kappa shape index (κ1) is 41.1. The molecule has 0 aliphatic carbocycles. The second-order valence-corrected chi connectivity index (χ2v) is 23.8. The molecule has 0 saturated heterocycles. The van der Waals surface area contributed by atoms with E-state index in [9.17, 15) is 5.26 Å². The van der Waals surface area contributed by atoms with Crippen LogP contribution in [-0.4, -0.2) is 11.3 Å². The van der Waals surface area contributed by atoms with Crippen LogP contribution in [0.4, 0.5) is 34.1 Å². The summed E-state index contributed by atoms with van der Waals surface area (Å²) in [6.07, 6.45) is 0. The van der Waals surface area contributed by atoms with Gasteiger partial charge in [0, 0.05) is 38.3 Å². The van der Waals surface area contributed by atoms with E-state index in [1.54, 1.807) is 0 Å². The molecule has 0 spiro atoms. The third-order valence-corrected chi connectivity index (χ3v) is 15.3. The number of hydrogen-bond donors (Lipinski definition) is 0. The van der Waals surface area contributed by atoms with Crippen molar-refractivity contribution < 1.29 is 8.83 Å². The van der Waals surface area contributed by atoms with Crippen LogP contribution in [0, 0.1) is 11.3 Å². The number of nitrogens with zero attached hydrogens (tertiary/aromatic N) is 4. The van der Waals surface area contributed by atoms with Gasteiger partial charge in [-0.2, -0.15) is 5.26 Å². The Morgan fingerprint density at radius 3 is 1.75 bits per heavy atom. The van der Waals surface area contributed by atoms with Crippen molar-refractivity contribution in [3.05, 3.63) is 143 Å². The topological polar surface area (TPSA) is 61.5 Å². The first-order chi connectivity index (χ1) is 32.2. The Hall–Kier alpha value is -7.17. The second kappa shape index (κ2) is 13.1. The van der Waals surface area contributed by atoms with Crippen molar-refractivity contribution in [1.29, 1.82) is 5.26 Å². The largest absolute Gasteiger partial charge is 0.468 e. The van der Waals surface area contributed by atoms with Gasteiger partial charge in [-0.15, -0.1) is 0 Å². The third kappa shape index (κ3) is 5.46. The fourth-order valence-electron chi connectivity index (χ4n) is 11.6. The average Bonchev–Trinajstić information content (AvgIpc) is 3.97. The number of para-hydroxylation sites is 2. The normalized spacial score (nSPS) is 14.4. The number of fused-ring (bicyclic) bond motifs is 14. The summed E-state index contributed by atoms with van der Waals surface area (Å²) in [5.74, 6) is 0. The average molecular weight is 887 g/mol. The Balaban J connectivity index is 1.23. The maximum Gasteiger partial charge on any atom is 0.297 e. The van der Waals surface area contributed by atoms with Gasteiger partial charge in [0.15, 0.2) is 5.58 Å². The zero-order valence-corrected chi connectivity index (χ0v) is 41.2. The molecule has 7 aromatic carbocycles. The van der Waals surface area contributed by atoms with Crippen molar-refractivity contribution in [3.8, 4) is 11.8 Å². The first-order valence-corrected chi connectivity index (χ1v) is 24.2. The summed E-state index contributed by atoms with van der Waals surface area (Å²) in [5, 5.41) is 16.8. The molecular weight excluding hydrogens is 832 g/mol. The Kier molecular flexibility index (Phi) is 7.90. The molecule has 7 heteroatoms. The molecular formula is C61H55BN4O2. The predicted molar refractivity (Wildman–Crippen MR) is 285 cm³/mol. The fraction of sp³-hybridized carbons (Fsp3) is 0.262. The molecule has 3 aliphatic heterocycles. The van der Waals surface area contributed by atoms with E-state index in [0.717, 1.165) is 83.8 Å². The van der Waals surface area contributed by atoms with Gasteiger partial charge in [0.25, 0.3) is 6.71 Å². The summed E-state index contributed by atoms with van der Waals surface area (Å²) < 4.78 is 16.9. The van der Waals surface area contributed by atoms with Crippen molar-refractivity contribution in [2.75, 3.05) is 9.80 Å². The Morgan fingerprint density at radius 2 is 1.06 bits per heavy atom. The summed E-state index contributed by atoms with van der Waals surface area (Å²) in [6.45, 7) is 27.3. The van der Waals surface area contributed by atoms with Gasteiger partial charge in [-0.05, 0) is 122 Å². The molecule has 0 atom stereocenters. The molecule has 10 aromatic rings. The highest BCUT2D eigenvalue weighted by Crippen LogP contribution is 2.56. The van der Waals surface area contributed by atoms with E-state index in [-0.39, 0.29) is 28.4 Å². The Labute approximate surface area is 398 Å². The molecule has 6 nitrogen and oxygen atoms in total. The second-order valence-electron chi connectivity index (χ2n) is 23.8. The van der Waals surface area contributed by atoms with Gasteiger partial charge in [0.05, 0.1) is 56.8 Å². The predicted octanol–water partition coefficient (Wildman–Crippen LogP) is 14.9. The molecule has 3 aromatic heterocycles. The highest BCUT2D eigenvalue weighted by atomic mass is 16.3. The number of nitriles is 1. The molecule has 0 fully saturated rings. The highest BCUT2D eigenvalue weighted by molar-refractivity contribution is 7.00. The van der Waals surface area contributed by atoms with E-state index in [2.05, 4.69) is 207 Å². The lowest BCUT2D eigenvalue weighted by Crippen LogP contribution is -2.61. The Bertz CT molecular complexity index is 3940. The Morgan fingerprint density at radius 1 is 0.471 bits per heavy atom.